The number of rotatable bonds is 13. The fourth-order valence-electron chi connectivity index (χ4n) is 8.56. The summed E-state index contributed by atoms with van der Waals surface area (Å²) in [7, 11) is 1.52. The Morgan fingerprint density at radius 2 is 1.67 bits per heavy atom. The number of carbonyl (C=O) groups excluding carboxylic acids is 4. The van der Waals surface area contributed by atoms with Crippen molar-refractivity contribution in [2.45, 2.75) is 82.3 Å². The molecule has 4 aliphatic heterocycles. The minimum Gasteiger partial charge on any atom is -0.455 e. The molecule has 0 aromatic heterocycles. The first-order valence-corrected chi connectivity index (χ1v) is 20.3. The second-order valence-electron chi connectivity index (χ2n) is 14.5. The van der Waals surface area contributed by atoms with Gasteiger partial charge in [0.15, 0.2) is 0 Å². The molecule has 13 heteroatoms. The van der Waals surface area contributed by atoms with Crippen LogP contribution in [0.5, 0.6) is 0 Å². The SMILES string of the molecule is CCN(CC)c1ccc(N2C/C=C\CCC(=O)N[C@@H](COC)[C@H](c3ccccc3)OC(=O)[C@H]3[C@@H]4O[C@@]5(C=C4Br)[C@@H]3C(=O)N(CCCCCCO)[C@@H]5C2=O)cc1. The average Bonchev–Trinajstić information content (AvgIpc) is 3.78. The standard InChI is InChI=1S/C42H53BrN4O8/c1-4-45(5-2)29-19-21-30(22-20-29)46-23-14-9-12-18-33(49)44-32(27-53-3)36(28-16-10-8-11-17-28)54-41(52)34-35-39(50)47(24-13-6-7-15-25-48)38(40(46)51)42(35)26-31(43)37(34)55-42/h8-11,14,16-17,19-22,26,32,34-38,48H,4-7,12-13,15,18,23-25,27H2,1-3H3,(H,44,49)/b14-9-/t32-,34+,35-,36-,37+,38+,42-/m0/s1. The zero-order valence-electron chi connectivity index (χ0n) is 31.9. The summed E-state index contributed by atoms with van der Waals surface area (Å²) < 4.78 is 19.2. The Morgan fingerprint density at radius 3 is 2.36 bits per heavy atom. The monoisotopic (exact) mass is 820 g/mol. The van der Waals surface area contributed by atoms with Gasteiger partial charge in [0.25, 0.3) is 5.91 Å². The summed E-state index contributed by atoms with van der Waals surface area (Å²) in [5.74, 6) is -3.67. The highest BCUT2D eigenvalue weighted by molar-refractivity contribution is 9.11. The van der Waals surface area contributed by atoms with E-state index in [2.05, 4.69) is 40.0 Å². The second-order valence-corrected chi connectivity index (χ2v) is 15.5. The number of amides is 3. The van der Waals surface area contributed by atoms with Crippen LogP contribution in [0.15, 0.2) is 77.3 Å². The summed E-state index contributed by atoms with van der Waals surface area (Å²) in [6.45, 7) is 6.46. The molecule has 3 amide bonds. The van der Waals surface area contributed by atoms with Crippen molar-refractivity contribution in [2.75, 3.05) is 56.3 Å². The molecule has 55 heavy (non-hydrogen) atoms. The Morgan fingerprint density at radius 1 is 0.945 bits per heavy atom. The number of hydrogen-bond acceptors (Lipinski definition) is 9. The van der Waals surface area contributed by atoms with Crippen LogP contribution in [0.25, 0.3) is 0 Å². The third kappa shape index (κ3) is 8.26. The summed E-state index contributed by atoms with van der Waals surface area (Å²) in [4.78, 5) is 63.6. The first-order valence-electron chi connectivity index (χ1n) is 19.5. The minimum absolute atomic E-state index is 0.0670. The van der Waals surface area contributed by atoms with Gasteiger partial charge < -0.3 is 39.3 Å². The first kappa shape index (κ1) is 40.6. The molecule has 2 aromatic carbocycles. The number of aliphatic hydroxyl groups excluding tert-OH is 1. The van der Waals surface area contributed by atoms with Crippen molar-refractivity contribution >= 4 is 51.0 Å². The lowest BCUT2D eigenvalue weighted by Crippen LogP contribution is -2.56. The van der Waals surface area contributed by atoms with Gasteiger partial charge in [-0.05, 0) is 69.0 Å². The van der Waals surface area contributed by atoms with Gasteiger partial charge in [-0.15, -0.1) is 0 Å². The molecule has 12 nitrogen and oxygen atoms in total. The molecule has 5 bridgehead atoms. The number of likely N-dealkylation sites (tertiary alicyclic amines) is 1. The second kappa shape index (κ2) is 18.3. The maximum Gasteiger partial charge on any atom is 0.313 e. The summed E-state index contributed by atoms with van der Waals surface area (Å²) in [6, 6.07) is 15.2. The number of allylic oxidation sites excluding steroid dienone is 1. The summed E-state index contributed by atoms with van der Waals surface area (Å²) >= 11 is 3.65. The van der Waals surface area contributed by atoms with Gasteiger partial charge in [-0.1, -0.05) is 71.3 Å². The van der Waals surface area contributed by atoms with Gasteiger partial charge in [0.2, 0.25) is 11.8 Å². The van der Waals surface area contributed by atoms with Crippen LogP contribution >= 0.6 is 15.9 Å². The van der Waals surface area contributed by atoms with E-state index in [0.717, 1.165) is 31.6 Å². The summed E-state index contributed by atoms with van der Waals surface area (Å²) in [6.07, 6.45) is 7.13. The number of cyclic esters (lactones) is 1. The number of nitrogens with one attached hydrogen (secondary N) is 1. The predicted molar refractivity (Wildman–Crippen MR) is 212 cm³/mol. The summed E-state index contributed by atoms with van der Waals surface area (Å²) in [5.41, 5.74) is 0.892. The fraction of sp³-hybridized carbons (Fsp3) is 0.524. The van der Waals surface area contributed by atoms with Crippen LogP contribution in [-0.4, -0.2) is 104 Å². The lowest BCUT2D eigenvalue weighted by molar-refractivity contribution is -0.162. The highest BCUT2D eigenvalue weighted by Crippen LogP contribution is 2.59. The number of nitrogens with zero attached hydrogens (tertiary/aromatic N) is 3. The van der Waals surface area contributed by atoms with Crippen molar-refractivity contribution in [3.63, 3.8) is 0 Å². The van der Waals surface area contributed by atoms with E-state index in [1.807, 2.05) is 72.8 Å². The lowest BCUT2D eigenvalue weighted by atomic mass is 9.74. The molecule has 296 valence electrons. The number of carbonyl (C=O) groups is 4. The molecule has 2 fully saturated rings. The molecule has 2 aromatic rings. The number of anilines is 2. The van der Waals surface area contributed by atoms with E-state index in [1.54, 1.807) is 9.80 Å². The number of halogens is 1. The van der Waals surface area contributed by atoms with Crippen LogP contribution in [0.3, 0.4) is 0 Å². The molecule has 7 atom stereocenters. The average molecular weight is 822 g/mol. The molecule has 0 radical (unpaired) electrons. The molecule has 1 spiro atoms. The smallest absolute Gasteiger partial charge is 0.313 e. The van der Waals surface area contributed by atoms with Crippen molar-refractivity contribution in [2.24, 2.45) is 11.8 Å². The fourth-order valence-corrected chi connectivity index (χ4v) is 9.30. The van der Waals surface area contributed by atoms with E-state index in [4.69, 9.17) is 14.2 Å². The van der Waals surface area contributed by atoms with Crippen LogP contribution in [0.2, 0.25) is 0 Å². The van der Waals surface area contributed by atoms with Crippen LogP contribution in [0.1, 0.15) is 64.0 Å². The highest BCUT2D eigenvalue weighted by Gasteiger charge is 2.75. The number of unbranched alkanes of at least 4 members (excludes halogenated alkanes) is 3. The van der Waals surface area contributed by atoms with E-state index in [1.165, 1.54) is 7.11 Å². The molecule has 4 heterocycles. The van der Waals surface area contributed by atoms with Crippen LogP contribution in [-0.2, 0) is 33.4 Å². The Bertz CT molecular complexity index is 1730. The minimum atomic E-state index is -1.44. The molecule has 6 rings (SSSR count). The van der Waals surface area contributed by atoms with E-state index in [0.29, 0.717) is 35.0 Å². The Hall–Kier alpha value is -4.04. The van der Waals surface area contributed by atoms with E-state index < -0.39 is 47.7 Å². The number of fused-ring (bicyclic) bond motifs is 2. The third-order valence-corrected chi connectivity index (χ3v) is 11.9. The highest BCUT2D eigenvalue weighted by atomic mass is 79.9. The summed E-state index contributed by atoms with van der Waals surface area (Å²) in [5, 5.41) is 12.4. The Kier molecular flexibility index (Phi) is 13.5. The van der Waals surface area contributed by atoms with Gasteiger partial charge in [-0.3, -0.25) is 19.2 Å². The third-order valence-electron chi connectivity index (χ3n) is 11.2. The molecule has 0 aliphatic carbocycles. The normalized spacial score (nSPS) is 28.9. The van der Waals surface area contributed by atoms with Crippen molar-refractivity contribution in [3.8, 4) is 0 Å². The van der Waals surface area contributed by atoms with Gasteiger partial charge in [0, 0.05) is 62.2 Å². The molecule has 2 N–H and O–H groups in total. The van der Waals surface area contributed by atoms with Crippen molar-refractivity contribution in [1.29, 1.82) is 0 Å². The Labute approximate surface area is 332 Å². The van der Waals surface area contributed by atoms with Gasteiger partial charge in [0.1, 0.15) is 29.8 Å². The maximum absolute atomic E-state index is 15.3. The molecule has 2 saturated heterocycles. The van der Waals surface area contributed by atoms with E-state index in [-0.39, 0.29) is 50.4 Å². The zero-order chi connectivity index (χ0) is 39.1. The number of methoxy groups -OCH3 is 1. The van der Waals surface area contributed by atoms with Gasteiger partial charge >= 0.3 is 5.97 Å². The Balaban J connectivity index is 1.44. The van der Waals surface area contributed by atoms with Gasteiger partial charge in [-0.2, -0.15) is 0 Å². The zero-order valence-corrected chi connectivity index (χ0v) is 33.5. The van der Waals surface area contributed by atoms with Crippen LogP contribution in [0.4, 0.5) is 11.4 Å². The maximum atomic E-state index is 15.3. The molecular formula is C42H53BrN4O8. The van der Waals surface area contributed by atoms with Crippen molar-refractivity contribution in [1.82, 2.24) is 10.2 Å². The van der Waals surface area contributed by atoms with Crippen LogP contribution in [0, 0.1) is 11.8 Å². The quantitative estimate of drug-likeness (QED) is 0.162. The number of esters is 1. The largest absolute Gasteiger partial charge is 0.455 e. The van der Waals surface area contributed by atoms with Crippen molar-refractivity contribution in [3.05, 3.63) is 82.9 Å². The number of benzene rings is 2. The van der Waals surface area contributed by atoms with E-state index >= 15 is 4.79 Å². The number of aliphatic hydroxyl groups is 1. The first-order chi connectivity index (χ1) is 26.7. The molecule has 0 saturated carbocycles. The molecular weight excluding hydrogens is 768 g/mol. The van der Waals surface area contributed by atoms with E-state index in [9.17, 15) is 19.5 Å². The number of hydrogen-bond donors (Lipinski definition) is 2. The predicted octanol–water partition coefficient (Wildman–Crippen LogP) is 5.06. The van der Waals surface area contributed by atoms with Crippen LogP contribution < -0.4 is 15.1 Å². The molecule has 0 unspecified atom stereocenters. The molecule has 4 aliphatic rings. The topological polar surface area (TPSA) is 138 Å². The number of ether oxygens (including phenoxy) is 3. The van der Waals surface area contributed by atoms with Gasteiger partial charge in [0.05, 0.1) is 18.6 Å². The lowest BCUT2D eigenvalue weighted by Gasteiger charge is -2.36. The van der Waals surface area contributed by atoms with Crippen molar-refractivity contribution < 1.29 is 38.5 Å². The van der Waals surface area contributed by atoms with Gasteiger partial charge in [-0.25, -0.2) is 0 Å².